The molecule has 0 saturated heterocycles. The molecule has 0 aliphatic carbocycles. The van der Waals surface area contributed by atoms with Gasteiger partial charge in [-0.2, -0.15) is 0 Å². The van der Waals surface area contributed by atoms with Gasteiger partial charge < -0.3 is 10.2 Å². The molecule has 0 aliphatic rings. The third-order valence-electron chi connectivity index (χ3n) is 3.27. The van der Waals surface area contributed by atoms with E-state index in [4.69, 9.17) is 4.98 Å². The van der Waals surface area contributed by atoms with Crippen molar-refractivity contribution in [1.82, 2.24) is 10.3 Å². The second-order valence-corrected chi connectivity index (χ2v) is 6.98. The average Bonchev–Trinajstić information content (AvgIpc) is 2.82. The Morgan fingerprint density at radius 1 is 1.25 bits per heavy atom. The summed E-state index contributed by atoms with van der Waals surface area (Å²) >= 11 is 1.78. The van der Waals surface area contributed by atoms with Crippen molar-refractivity contribution >= 4 is 16.5 Å². The lowest BCUT2D eigenvalue weighted by Crippen LogP contribution is -2.31. The summed E-state index contributed by atoms with van der Waals surface area (Å²) < 4.78 is 0. The van der Waals surface area contributed by atoms with E-state index >= 15 is 0 Å². The Balaban J connectivity index is 2.52. The van der Waals surface area contributed by atoms with E-state index in [0.717, 1.165) is 19.6 Å². The van der Waals surface area contributed by atoms with E-state index in [1.165, 1.54) is 30.1 Å². The van der Waals surface area contributed by atoms with Crippen LogP contribution >= 0.6 is 11.3 Å². The molecule has 3 nitrogen and oxygen atoms in total. The fourth-order valence-corrected chi connectivity index (χ4v) is 3.09. The Bertz CT molecular complexity index is 360. The van der Waals surface area contributed by atoms with Gasteiger partial charge in [-0.05, 0) is 32.7 Å². The Morgan fingerprint density at radius 3 is 2.60 bits per heavy atom. The van der Waals surface area contributed by atoms with E-state index < -0.39 is 0 Å². The second kappa shape index (κ2) is 9.35. The summed E-state index contributed by atoms with van der Waals surface area (Å²) in [5.74, 6) is 0.689. The monoisotopic (exact) mass is 297 g/mol. The van der Waals surface area contributed by atoms with Crippen LogP contribution in [0.4, 0.5) is 5.13 Å². The molecular weight excluding hydrogens is 266 g/mol. The SMILES string of the molecule is CCCCCN(c1nc(CNCC(C)C)cs1)C(C)C. The summed E-state index contributed by atoms with van der Waals surface area (Å²) in [6.45, 7) is 14.3. The lowest BCUT2D eigenvalue weighted by molar-refractivity contribution is 0.548. The van der Waals surface area contributed by atoms with Crippen LogP contribution in [0.25, 0.3) is 0 Å². The molecule has 0 atom stereocenters. The van der Waals surface area contributed by atoms with Crippen LogP contribution in [0.1, 0.15) is 59.6 Å². The van der Waals surface area contributed by atoms with Gasteiger partial charge in [0.1, 0.15) is 0 Å². The van der Waals surface area contributed by atoms with Gasteiger partial charge in [0.15, 0.2) is 5.13 Å². The van der Waals surface area contributed by atoms with Crippen molar-refractivity contribution in [1.29, 1.82) is 0 Å². The predicted molar refractivity (Wildman–Crippen MR) is 90.7 cm³/mol. The molecule has 0 saturated carbocycles. The van der Waals surface area contributed by atoms with E-state index in [-0.39, 0.29) is 0 Å². The minimum absolute atomic E-state index is 0.523. The number of rotatable bonds is 10. The molecule has 0 aliphatic heterocycles. The van der Waals surface area contributed by atoms with Crippen LogP contribution in [-0.4, -0.2) is 24.1 Å². The van der Waals surface area contributed by atoms with Crippen LogP contribution in [-0.2, 0) is 6.54 Å². The zero-order chi connectivity index (χ0) is 15.0. The maximum Gasteiger partial charge on any atom is 0.185 e. The van der Waals surface area contributed by atoms with Crippen molar-refractivity contribution in [2.45, 2.75) is 66.5 Å². The zero-order valence-electron chi connectivity index (χ0n) is 13.8. The van der Waals surface area contributed by atoms with Gasteiger partial charge in [-0.1, -0.05) is 33.6 Å². The summed E-state index contributed by atoms with van der Waals surface area (Å²) in [7, 11) is 0. The molecule has 20 heavy (non-hydrogen) atoms. The Morgan fingerprint density at radius 2 is 2.00 bits per heavy atom. The van der Waals surface area contributed by atoms with E-state index in [9.17, 15) is 0 Å². The number of hydrogen-bond donors (Lipinski definition) is 1. The first-order valence-electron chi connectivity index (χ1n) is 7.96. The third kappa shape index (κ3) is 6.23. The maximum atomic E-state index is 4.79. The highest BCUT2D eigenvalue weighted by Crippen LogP contribution is 2.23. The van der Waals surface area contributed by atoms with Gasteiger partial charge in [0.05, 0.1) is 5.69 Å². The van der Waals surface area contributed by atoms with Crippen molar-refractivity contribution in [3.63, 3.8) is 0 Å². The Labute approximate surface area is 128 Å². The molecule has 4 heteroatoms. The minimum Gasteiger partial charge on any atom is -0.346 e. The zero-order valence-corrected chi connectivity index (χ0v) is 14.6. The predicted octanol–water partition coefficient (Wildman–Crippen LogP) is 4.29. The molecule has 1 aromatic heterocycles. The number of nitrogens with one attached hydrogen (secondary N) is 1. The standard InChI is InChI=1S/C16H31N3S/c1-6-7-8-9-19(14(4)5)16-18-15(12-20-16)11-17-10-13(2)3/h12-14,17H,6-11H2,1-5H3. The molecule has 0 radical (unpaired) electrons. The molecule has 0 amide bonds. The average molecular weight is 298 g/mol. The van der Waals surface area contributed by atoms with Crippen LogP contribution < -0.4 is 10.2 Å². The van der Waals surface area contributed by atoms with Crippen LogP contribution in [0.3, 0.4) is 0 Å². The van der Waals surface area contributed by atoms with E-state index in [1.54, 1.807) is 11.3 Å². The highest BCUT2D eigenvalue weighted by molar-refractivity contribution is 7.13. The number of nitrogens with zero attached hydrogens (tertiary/aromatic N) is 2. The Kier molecular flexibility index (Phi) is 8.15. The lowest BCUT2D eigenvalue weighted by atomic mass is 10.2. The highest BCUT2D eigenvalue weighted by atomic mass is 32.1. The highest BCUT2D eigenvalue weighted by Gasteiger charge is 2.14. The fraction of sp³-hybridized carbons (Fsp3) is 0.812. The molecule has 0 spiro atoms. The minimum atomic E-state index is 0.523. The summed E-state index contributed by atoms with van der Waals surface area (Å²) in [5, 5.41) is 6.83. The van der Waals surface area contributed by atoms with E-state index in [1.807, 2.05) is 0 Å². The van der Waals surface area contributed by atoms with Gasteiger partial charge in [0.25, 0.3) is 0 Å². The van der Waals surface area contributed by atoms with Gasteiger partial charge in [-0.3, -0.25) is 0 Å². The summed E-state index contributed by atoms with van der Waals surface area (Å²) in [6, 6.07) is 0.523. The molecule has 1 aromatic rings. The number of anilines is 1. The summed E-state index contributed by atoms with van der Waals surface area (Å²) in [6.07, 6.45) is 3.83. The van der Waals surface area contributed by atoms with E-state index in [0.29, 0.717) is 12.0 Å². The normalized spacial score (nSPS) is 11.6. The molecule has 1 N–H and O–H groups in total. The summed E-state index contributed by atoms with van der Waals surface area (Å²) in [4.78, 5) is 7.23. The first-order chi connectivity index (χ1) is 9.54. The maximum absolute atomic E-state index is 4.79. The van der Waals surface area contributed by atoms with Crippen molar-refractivity contribution in [2.75, 3.05) is 18.0 Å². The molecular formula is C16H31N3S. The third-order valence-corrected chi connectivity index (χ3v) is 4.20. The van der Waals surface area contributed by atoms with Crippen molar-refractivity contribution < 1.29 is 0 Å². The number of hydrogen-bond acceptors (Lipinski definition) is 4. The molecule has 0 fully saturated rings. The van der Waals surface area contributed by atoms with Crippen molar-refractivity contribution in [3.8, 4) is 0 Å². The van der Waals surface area contributed by atoms with Crippen LogP contribution in [0, 0.1) is 5.92 Å². The molecule has 1 rings (SSSR count). The van der Waals surface area contributed by atoms with Crippen molar-refractivity contribution in [3.05, 3.63) is 11.1 Å². The molecule has 116 valence electrons. The first-order valence-corrected chi connectivity index (χ1v) is 8.84. The van der Waals surface area contributed by atoms with Gasteiger partial charge in [-0.25, -0.2) is 4.98 Å². The number of unbranched alkanes of at least 4 members (excludes halogenated alkanes) is 2. The molecule has 0 bridgehead atoms. The smallest absolute Gasteiger partial charge is 0.185 e. The fourth-order valence-electron chi connectivity index (χ4n) is 2.11. The van der Waals surface area contributed by atoms with Gasteiger partial charge in [-0.15, -0.1) is 11.3 Å². The van der Waals surface area contributed by atoms with Crippen LogP contribution in [0.2, 0.25) is 0 Å². The van der Waals surface area contributed by atoms with Crippen molar-refractivity contribution in [2.24, 2.45) is 5.92 Å². The van der Waals surface area contributed by atoms with Gasteiger partial charge in [0, 0.05) is 24.5 Å². The quantitative estimate of drug-likeness (QED) is 0.653. The molecule has 0 aromatic carbocycles. The van der Waals surface area contributed by atoms with Crippen LogP contribution in [0.5, 0.6) is 0 Å². The number of thiazole rings is 1. The Hall–Kier alpha value is -0.610. The van der Waals surface area contributed by atoms with Gasteiger partial charge >= 0.3 is 0 Å². The number of aromatic nitrogens is 1. The summed E-state index contributed by atoms with van der Waals surface area (Å²) in [5.41, 5.74) is 1.17. The second-order valence-electron chi connectivity index (χ2n) is 6.14. The lowest BCUT2D eigenvalue weighted by Gasteiger charge is -2.26. The molecule has 0 unspecified atom stereocenters. The topological polar surface area (TPSA) is 28.2 Å². The largest absolute Gasteiger partial charge is 0.346 e. The van der Waals surface area contributed by atoms with Crippen LogP contribution in [0.15, 0.2) is 5.38 Å². The van der Waals surface area contributed by atoms with E-state index in [2.05, 4.69) is 50.2 Å². The first kappa shape index (κ1) is 17.4. The van der Waals surface area contributed by atoms with Gasteiger partial charge in [0.2, 0.25) is 0 Å². The molecule has 1 heterocycles.